The van der Waals surface area contributed by atoms with E-state index < -0.39 is 5.63 Å². The molecule has 0 atom stereocenters. The number of carbonyl (C=O) groups is 1. The predicted octanol–water partition coefficient (Wildman–Crippen LogP) is 6.84. The maximum absolute atomic E-state index is 13.1. The molecule has 0 aliphatic heterocycles. The van der Waals surface area contributed by atoms with Crippen molar-refractivity contribution in [2.75, 3.05) is 12.4 Å². The number of anilines is 1. The molecule has 186 valence electrons. The summed E-state index contributed by atoms with van der Waals surface area (Å²) in [6.45, 7) is 1.92. The summed E-state index contributed by atoms with van der Waals surface area (Å²) in [6, 6.07) is 27.1. The van der Waals surface area contributed by atoms with Gasteiger partial charge in [0.2, 0.25) is 5.89 Å². The van der Waals surface area contributed by atoms with Gasteiger partial charge in [0.1, 0.15) is 16.8 Å². The molecule has 6 rings (SSSR count). The maximum atomic E-state index is 13.1. The van der Waals surface area contributed by atoms with Crippen LogP contribution in [0.4, 0.5) is 5.69 Å². The number of hydrogen-bond donors (Lipinski definition) is 1. The molecule has 1 amide bonds. The molecule has 2 heterocycles. The van der Waals surface area contributed by atoms with Gasteiger partial charge < -0.3 is 18.9 Å². The van der Waals surface area contributed by atoms with Gasteiger partial charge in [-0.3, -0.25) is 4.79 Å². The van der Waals surface area contributed by atoms with E-state index >= 15 is 0 Å². The molecule has 0 unspecified atom stereocenters. The fourth-order valence-corrected chi connectivity index (χ4v) is 4.31. The van der Waals surface area contributed by atoms with Gasteiger partial charge in [-0.25, -0.2) is 9.78 Å². The summed E-state index contributed by atoms with van der Waals surface area (Å²) in [5.41, 5.74) is 5.29. The maximum Gasteiger partial charge on any atom is 0.344 e. The van der Waals surface area contributed by atoms with E-state index in [9.17, 15) is 9.59 Å². The third-order valence-electron chi connectivity index (χ3n) is 6.43. The van der Waals surface area contributed by atoms with E-state index in [1.165, 1.54) is 0 Å². The van der Waals surface area contributed by atoms with Crippen molar-refractivity contribution < 1.29 is 18.4 Å². The smallest absolute Gasteiger partial charge is 0.344 e. The zero-order valence-corrected chi connectivity index (χ0v) is 20.6. The highest BCUT2D eigenvalue weighted by atomic mass is 16.5. The van der Waals surface area contributed by atoms with E-state index in [4.69, 9.17) is 13.6 Å². The van der Waals surface area contributed by atoms with E-state index in [1.54, 1.807) is 43.5 Å². The number of rotatable bonds is 5. The van der Waals surface area contributed by atoms with Crippen LogP contribution in [-0.2, 0) is 0 Å². The Bertz CT molecular complexity index is 1880. The Balaban J connectivity index is 1.25. The second-order valence-corrected chi connectivity index (χ2v) is 8.90. The van der Waals surface area contributed by atoms with E-state index in [1.807, 2.05) is 61.5 Å². The zero-order valence-electron chi connectivity index (χ0n) is 20.6. The van der Waals surface area contributed by atoms with E-state index in [0.717, 1.165) is 16.5 Å². The quantitative estimate of drug-likeness (QED) is 0.260. The Labute approximate surface area is 217 Å². The first-order valence-corrected chi connectivity index (χ1v) is 12.0. The average Bonchev–Trinajstić information content (AvgIpc) is 3.37. The summed E-state index contributed by atoms with van der Waals surface area (Å²) < 4.78 is 16.6. The molecule has 6 aromatic rings. The van der Waals surface area contributed by atoms with Crippen molar-refractivity contribution in [1.29, 1.82) is 0 Å². The second-order valence-electron chi connectivity index (χ2n) is 8.90. The molecule has 0 fully saturated rings. The molecule has 0 bridgehead atoms. The number of oxazole rings is 1. The molecule has 0 aliphatic carbocycles. The topological polar surface area (TPSA) is 94.6 Å². The van der Waals surface area contributed by atoms with Gasteiger partial charge in [0.15, 0.2) is 5.58 Å². The summed E-state index contributed by atoms with van der Waals surface area (Å²) >= 11 is 0. The molecule has 0 radical (unpaired) electrons. The Morgan fingerprint density at radius 1 is 0.842 bits per heavy atom. The number of aryl methyl sites for hydroxylation is 1. The highest BCUT2D eigenvalue weighted by Gasteiger charge is 2.14. The van der Waals surface area contributed by atoms with Gasteiger partial charge in [-0.2, -0.15) is 0 Å². The van der Waals surface area contributed by atoms with E-state index in [2.05, 4.69) is 10.3 Å². The minimum atomic E-state index is -0.425. The van der Waals surface area contributed by atoms with E-state index in [-0.39, 0.29) is 5.91 Å². The van der Waals surface area contributed by atoms with Crippen LogP contribution in [-0.4, -0.2) is 18.0 Å². The lowest BCUT2D eigenvalue weighted by atomic mass is 10.0. The molecular weight excluding hydrogens is 480 g/mol. The number of para-hydroxylation sites is 1. The van der Waals surface area contributed by atoms with Crippen molar-refractivity contribution in [3.63, 3.8) is 0 Å². The summed E-state index contributed by atoms with van der Waals surface area (Å²) in [7, 11) is 1.60. The van der Waals surface area contributed by atoms with Crippen LogP contribution in [0.3, 0.4) is 0 Å². The lowest BCUT2D eigenvalue weighted by Crippen LogP contribution is -2.13. The molecule has 38 heavy (non-hydrogen) atoms. The minimum absolute atomic E-state index is 0.273. The number of benzene rings is 4. The molecule has 0 aliphatic rings. The summed E-state index contributed by atoms with van der Waals surface area (Å²) in [5, 5.41) is 3.81. The number of nitrogens with one attached hydrogen (secondary N) is 1. The third-order valence-corrected chi connectivity index (χ3v) is 6.43. The predicted molar refractivity (Wildman–Crippen MR) is 147 cm³/mol. The first-order chi connectivity index (χ1) is 18.5. The number of methoxy groups -OCH3 is 1. The first-order valence-electron chi connectivity index (χ1n) is 12.0. The van der Waals surface area contributed by atoms with Gasteiger partial charge in [-0.05, 0) is 66.6 Å². The lowest BCUT2D eigenvalue weighted by molar-refractivity contribution is 0.102. The highest BCUT2D eigenvalue weighted by molar-refractivity contribution is 6.05. The van der Waals surface area contributed by atoms with Crippen molar-refractivity contribution in [3.05, 3.63) is 113 Å². The van der Waals surface area contributed by atoms with Crippen LogP contribution in [0.1, 0.15) is 15.9 Å². The van der Waals surface area contributed by atoms with Crippen LogP contribution >= 0.6 is 0 Å². The molecule has 1 N–H and O–H groups in total. The average molecular weight is 503 g/mol. The SMILES string of the molecule is COc1ccc2oc(-c3ccc(C)c(NC(=O)c4ccc(-c5cc6ccccc6oc5=O)cc4)c3)nc2c1. The number of nitrogens with zero attached hydrogens (tertiary/aromatic N) is 1. The Hall–Kier alpha value is -5.17. The monoisotopic (exact) mass is 502 g/mol. The molecule has 2 aromatic heterocycles. The molecule has 0 saturated carbocycles. The molecular formula is C31H22N2O5. The molecule has 7 nitrogen and oxygen atoms in total. The van der Waals surface area contributed by atoms with Crippen molar-refractivity contribution in [3.8, 4) is 28.3 Å². The lowest BCUT2D eigenvalue weighted by Gasteiger charge is -2.10. The third kappa shape index (κ3) is 4.30. The first kappa shape index (κ1) is 23.2. The number of carbonyl (C=O) groups excluding carboxylic acids is 1. The summed E-state index contributed by atoms with van der Waals surface area (Å²) in [5.74, 6) is 0.869. The van der Waals surface area contributed by atoms with Crippen LogP contribution in [0.2, 0.25) is 0 Å². The van der Waals surface area contributed by atoms with Crippen molar-refractivity contribution in [2.24, 2.45) is 0 Å². The Kier molecular flexibility index (Phi) is 5.73. The Morgan fingerprint density at radius 3 is 2.45 bits per heavy atom. The second kappa shape index (κ2) is 9.37. The highest BCUT2D eigenvalue weighted by Crippen LogP contribution is 2.30. The van der Waals surface area contributed by atoms with Gasteiger partial charge in [0.05, 0.1) is 12.7 Å². The molecule has 0 spiro atoms. The van der Waals surface area contributed by atoms with Gasteiger partial charge >= 0.3 is 5.63 Å². The van der Waals surface area contributed by atoms with Crippen molar-refractivity contribution in [2.45, 2.75) is 6.92 Å². The number of ether oxygens (including phenoxy) is 1. The summed E-state index contributed by atoms with van der Waals surface area (Å²) in [6.07, 6.45) is 0. The zero-order chi connectivity index (χ0) is 26.2. The largest absolute Gasteiger partial charge is 0.497 e. The normalized spacial score (nSPS) is 11.1. The van der Waals surface area contributed by atoms with Crippen LogP contribution in [0, 0.1) is 6.92 Å². The van der Waals surface area contributed by atoms with Gasteiger partial charge in [-0.1, -0.05) is 36.4 Å². The summed E-state index contributed by atoms with van der Waals surface area (Å²) in [4.78, 5) is 30.1. The van der Waals surface area contributed by atoms with Crippen molar-refractivity contribution in [1.82, 2.24) is 4.98 Å². The number of aromatic nitrogens is 1. The van der Waals surface area contributed by atoms with Crippen LogP contribution < -0.4 is 15.7 Å². The Morgan fingerprint density at radius 2 is 1.63 bits per heavy atom. The fourth-order valence-electron chi connectivity index (χ4n) is 4.31. The van der Waals surface area contributed by atoms with Crippen molar-refractivity contribution >= 4 is 33.7 Å². The van der Waals surface area contributed by atoms with Gasteiger partial charge in [0, 0.05) is 28.3 Å². The standard InChI is InChI=1S/C31H22N2O5/c1-18-7-8-22(30-33-26-17-23(36-2)13-14-28(26)37-30)16-25(18)32-29(34)20-11-9-19(10-12-20)24-15-21-5-3-4-6-27(21)38-31(24)35/h3-17H,1-2H3,(H,32,34). The van der Waals surface area contributed by atoms with E-state index in [0.29, 0.717) is 50.7 Å². The number of fused-ring (bicyclic) bond motifs is 2. The molecule has 7 heteroatoms. The van der Waals surface area contributed by atoms with Crippen LogP contribution in [0.25, 0.3) is 44.7 Å². The molecule has 0 saturated heterocycles. The van der Waals surface area contributed by atoms with Crippen LogP contribution in [0.5, 0.6) is 5.75 Å². The minimum Gasteiger partial charge on any atom is -0.497 e. The fraction of sp³-hybridized carbons (Fsp3) is 0.0645. The number of hydrogen-bond acceptors (Lipinski definition) is 6. The molecule has 4 aromatic carbocycles. The van der Waals surface area contributed by atoms with Crippen LogP contribution in [0.15, 0.2) is 105 Å². The van der Waals surface area contributed by atoms with Gasteiger partial charge in [-0.15, -0.1) is 0 Å². The van der Waals surface area contributed by atoms with Gasteiger partial charge in [0.25, 0.3) is 5.91 Å². The number of amides is 1.